The highest BCUT2D eigenvalue weighted by Crippen LogP contribution is 2.23. The molecule has 2 aromatic rings. The van der Waals surface area contributed by atoms with E-state index in [0.29, 0.717) is 0 Å². The van der Waals surface area contributed by atoms with E-state index in [1.165, 1.54) is 17.9 Å². The lowest BCUT2D eigenvalue weighted by Gasteiger charge is -2.07. The van der Waals surface area contributed by atoms with Gasteiger partial charge in [0, 0.05) is 12.2 Å². The van der Waals surface area contributed by atoms with Crippen molar-refractivity contribution in [3.05, 3.63) is 23.9 Å². The van der Waals surface area contributed by atoms with E-state index in [9.17, 15) is 0 Å². The maximum atomic E-state index is 4.47. The van der Waals surface area contributed by atoms with Crippen molar-refractivity contribution in [1.82, 2.24) is 14.6 Å². The second-order valence-corrected chi connectivity index (χ2v) is 5.63. The molecule has 1 fully saturated rings. The first-order valence-corrected chi connectivity index (χ1v) is 7.12. The standard InChI is InChI=1S/C12H16N4S/c1-9-3-2-4-11-14-12(15-16(9)11)13-7-10-5-6-17-8-10/h2-4,10H,5-8H2,1H3,(H,13,15). The molecule has 2 aromatic heterocycles. The summed E-state index contributed by atoms with van der Waals surface area (Å²) in [6, 6.07) is 6.03. The van der Waals surface area contributed by atoms with Crippen molar-refractivity contribution in [3.8, 4) is 0 Å². The van der Waals surface area contributed by atoms with Crippen LogP contribution in [0.25, 0.3) is 5.65 Å². The minimum absolute atomic E-state index is 0.746. The maximum absolute atomic E-state index is 4.47. The predicted octanol–water partition coefficient (Wildman–Crippen LogP) is 2.20. The van der Waals surface area contributed by atoms with Crippen molar-refractivity contribution < 1.29 is 0 Å². The molecule has 0 aromatic carbocycles. The van der Waals surface area contributed by atoms with E-state index in [4.69, 9.17) is 0 Å². The summed E-state index contributed by atoms with van der Waals surface area (Å²) in [5.41, 5.74) is 2.02. The molecule has 0 saturated carbocycles. The van der Waals surface area contributed by atoms with Crippen LogP contribution < -0.4 is 5.32 Å². The van der Waals surface area contributed by atoms with Crippen LogP contribution in [0.15, 0.2) is 18.2 Å². The summed E-state index contributed by atoms with van der Waals surface area (Å²) in [4.78, 5) is 4.47. The van der Waals surface area contributed by atoms with Gasteiger partial charge in [0.1, 0.15) is 0 Å². The monoisotopic (exact) mass is 248 g/mol. The molecule has 3 heterocycles. The van der Waals surface area contributed by atoms with Crippen LogP contribution in [0.1, 0.15) is 12.1 Å². The van der Waals surface area contributed by atoms with Gasteiger partial charge in [-0.25, -0.2) is 4.52 Å². The van der Waals surface area contributed by atoms with Gasteiger partial charge in [-0.15, -0.1) is 5.10 Å². The average Bonchev–Trinajstić information content (AvgIpc) is 2.95. The second-order valence-electron chi connectivity index (χ2n) is 4.48. The molecule has 0 radical (unpaired) electrons. The summed E-state index contributed by atoms with van der Waals surface area (Å²) < 4.78 is 1.88. The molecule has 1 N–H and O–H groups in total. The van der Waals surface area contributed by atoms with Crippen LogP contribution in [0.4, 0.5) is 5.95 Å². The molecule has 0 spiro atoms. The first-order chi connectivity index (χ1) is 8.33. The number of aromatic nitrogens is 3. The molecule has 90 valence electrons. The molecule has 4 nitrogen and oxygen atoms in total. The fraction of sp³-hybridized carbons (Fsp3) is 0.500. The zero-order valence-corrected chi connectivity index (χ0v) is 10.7. The number of nitrogens with zero attached hydrogens (tertiary/aromatic N) is 3. The molecular weight excluding hydrogens is 232 g/mol. The van der Waals surface area contributed by atoms with E-state index in [2.05, 4.69) is 15.4 Å². The number of rotatable bonds is 3. The third kappa shape index (κ3) is 2.24. The van der Waals surface area contributed by atoms with Crippen molar-refractivity contribution in [1.29, 1.82) is 0 Å². The molecule has 1 aliphatic heterocycles. The molecule has 0 bridgehead atoms. The highest BCUT2D eigenvalue weighted by Gasteiger charge is 2.15. The van der Waals surface area contributed by atoms with Crippen LogP contribution in [0.5, 0.6) is 0 Å². The van der Waals surface area contributed by atoms with Crippen LogP contribution in [-0.2, 0) is 0 Å². The first kappa shape index (κ1) is 10.9. The fourth-order valence-electron chi connectivity index (χ4n) is 2.09. The molecule has 5 heteroatoms. The Morgan fingerprint density at radius 3 is 3.24 bits per heavy atom. The van der Waals surface area contributed by atoms with E-state index in [-0.39, 0.29) is 0 Å². The summed E-state index contributed by atoms with van der Waals surface area (Å²) in [6.07, 6.45) is 1.31. The number of thioether (sulfide) groups is 1. The molecule has 3 rings (SSSR count). The highest BCUT2D eigenvalue weighted by molar-refractivity contribution is 7.99. The number of hydrogen-bond acceptors (Lipinski definition) is 4. The molecule has 1 unspecified atom stereocenters. The number of anilines is 1. The molecular formula is C12H16N4S. The van der Waals surface area contributed by atoms with Crippen molar-refractivity contribution >= 4 is 23.4 Å². The van der Waals surface area contributed by atoms with Gasteiger partial charge in [-0.3, -0.25) is 0 Å². The number of nitrogens with one attached hydrogen (secondary N) is 1. The first-order valence-electron chi connectivity index (χ1n) is 5.97. The number of fused-ring (bicyclic) bond motifs is 1. The number of pyridine rings is 1. The van der Waals surface area contributed by atoms with E-state index in [0.717, 1.165) is 29.8 Å². The SMILES string of the molecule is Cc1cccc2nc(NCC3CCSC3)nn12. The average molecular weight is 248 g/mol. The summed E-state index contributed by atoms with van der Waals surface area (Å²) >= 11 is 2.04. The lowest BCUT2D eigenvalue weighted by molar-refractivity contribution is 0.629. The third-order valence-electron chi connectivity index (χ3n) is 3.12. The lowest BCUT2D eigenvalue weighted by Crippen LogP contribution is -2.14. The smallest absolute Gasteiger partial charge is 0.243 e. The van der Waals surface area contributed by atoms with Gasteiger partial charge in [-0.05, 0) is 42.9 Å². The Bertz CT molecular complexity index is 516. The van der Waals surface area contributed by atoms with Gasteiger partial charge in [0.15, 0.2) is 5.65 Å². The largest absolute Gasteiger partial charge is 0.353 e. The highest BCUT2D eigenvalue weighted by atomic mass is 32.2. The Hall–Kier alpha value is -1.23. The van der Waals surface area contributed by atoms with E-state index >= 15 is 0 Å². The predicted molar refractivity (Wildman–Crippen MR) is 71.6 cm³/mol. The van der Waals surface area contributed by atoms with Gasteiger partial charge in [0.2, 0.25) is 5.95 Å². The van der Waals surface area contributed by atoms with E-state index in [1.807, 2.05) is 41.4 Å². The van der Waals surface area contributed by atoms with Crippen molar-refractivity contribution in [2.45, 2.75) is 13.3 Å². The van der Waals surface area contributed by atoms with Gasteiger partial charge in [0.25, 0.3) is 0 Å². The third-order valence-corrected chi connectivity index (χ3v) is 4.35. The molecule has 1 atom stereocenters. The van der Waals surface area contributed by atoms with Crippen LogP contribution in [0.2, 0.25) is 0 Å². The summed E-state index contributed by atoms with van der Waals surface area (Å²) in [5.74, 6) is 4.08. The van der Waals surface area contributed by atoms with Gasteiger partial charge in [0.05, 0.1) is 0 Å². The minimum Gasteiger partial charge on any atom is -0.353 e. The Labute approximate surface area is 105 Å². The van der Waals surface area contributed by atoms with Crippen LogP contribution >= 0.6 is 11.8 Å². The fourth-order valence-corrected chi connectivity index (χ4v) is 3.37. The minimum atomic E-state index is 0.746. The van der Waals surface area contributed by atoms with Crippen molar-refractivity contribution in [2.75, 3.05) is 23.4 Å². The summed E-state index contributed by atoms with van der Waals surface area (Å²) in [5, 5.41) is 7.81. The van der Waals surface area contributed by atoms with Crippen LogP contribution in [-0.4, -0.2) is 32.6 Å². The van der Waals surface area contributed by atoms with Gasteiger partial charge >= 0.3 is 0 Å². The van der Waals surface area contributed by atoms with Crippen LogP contribution in [0.3, 0.4) is 0 Å². The van der Waals surface area contributed by atoms with E-state index < -0.39 is 0 Å². The summed E-state index contributed by atoms with van der Waals surface area (Å²) in [6.45, 7) is 3.03. The van der Waals surface area contributed by atoms with Crippen molar-refractivity contribution in [3.63, 3.8) is 0 Å². The number of hydrogen-bond donors (Lipinski definition) is 1. The topological polar surface area (TPSA) is 42.2 Å². The van der Waals surface area contributed by atoms with Gasteiger partial charge < -0.3 is 5.32 Å². The molecule has 1 saturated heterocycles. The molecule has 17 heavy (non-hydrogen) atoms. The maximum Gasteiger partial charge on any atom is 0.243 e. The van der Waals surface area contributed by atoms with Gasteiger partial charge in [-0.2, -0.15) is 16.7 Å². The van der Waals surface area contributed by atoms with Crippen LogP contribution in [0, 0.1) is 12.8 Å². The Balaban J connectivity index is 1.74. The summed E-state index contributed by atoms with van der Waals surface area (Å²) in [7, 11) is 0. The Morgan fingerprint density at radius 1 is 1.53 bits per heavy atom. The molecule has 1 aliphatic rings. The quantitative estimate of drug-likeness (QED) is 0.904. The Morgan fingerprint density at radius 2 is 2.47 bits per heavy atom. The van der Waals surface area contributed by atoms with Gasteiger partial charge in [-0.1, -0.05) is 6.07 Å². The van der Waals surface area contributed by atoms with Crippen molar-refractivity contribution in [2.24, 2.45) is 5.92 Å². The zero-order valence-electron chi connectivity index (χ0n) is 9.89. The second kappa shape index (κ2) is 4.56. The number of aryl methyl sites for hydroxylation is 1. The lowest BCUT2D eigenvalue weighted by atomic mass is 10.1. The normalized spacial score (nSPS) is 19.9. The van der Waals surface area contributed by atoms with E-state index in [1.54, 1.807) is 0 Å². The molecule has 0 aliphatic carbocycles. The molecule has 0 amide bonds. The Kier molecular flexibility index (Phi) is 2.93. The zero-order chi connectivity index (χ0) is 11.7.